The number of nitrogens with one attached hydrogen (secondary N) is 1. The molecule has 0 radical (unpaired) electrons. The van der Waals surface area contributed by atoms with Crippen LogP contribution in [0.4, 0.5) is 11.4 Å². The summed E-state index contributed by atoms with van der Waals surface area (Å²) >= 11 is 0. The normalized spacial score (nSPS) is 13.2. The highest BCUT2D eigenvalue weighted by molar-refractivity contribution is 5.93. The molecule has 160 valence electrons. The molecule has 2 aromatic carbocycles. The van der Waals surface area contributed by atoms with Crippen molar-refractivity contribution in [1.82, 2.24) is 0 Å². The van der Waals surface area contributed by atoms with E-state index in [1.807, 2.05) is 50.2 Å². The number of carbonyl (C=O) groups is 2. The number of ether oxygens (including phenoxy) is 2. The Hall–Kier alpha value is -3.02. The van der Waals surface area contributed by atoms with E-state index < -0.39 is 5.97 Å². The fraction of sp³-hybridized carbons (Fsp3) is 0.417. The van der Waals surface area contributed by atoms with Gasteiger partial charge in [-0.3, -0.25) is 9.59 Å². The predicted octanol–water partition coefficient (Wildman–Crippen LogP) is 4.24. The van der Waals surface area contributed by atoms with Crippen LogP contribution in [0.2, 0.25) is 0 Å². The van der Waals surface area contributed by atoms with Gasteiger partial charge in [-0.25, -0.2) is 0 Å². The van der Waals surface area contributed by atoms with Gasteiger partial charge in [0.2, 0.25) is 0 Å². The van der Waals surface area contributed by atoms with Crippen LogP contribution in [0.25, 0.3) is 0 Å². The number of esters is 1. The second kappa shape index (κ2) is 10.7. The quantitative estimate of drug-likeness (QED) is 0.495. The van der Waals surface area contributed by atoms with Crippen LogP contribution in [-0.2, 0) is 14.3 Å². The van der Waals surface area contributed by atoms with Crippen molar-refractivity contribution in [2.24, 2.45) is 0 Å². The molecule has 1 heterocycles. The van der Waals surface area contributed by atoms with Crippen molar-refractivity contribution in [3.63, 3.8) is 0 Å². The summed E-state index contributed by atoms with van der Waals surface area (Å²) in [6.45, 7) is 6.26. The lowest BCUT2D eigenvalue weighted by Crippen LogP contribution is -2.22. The van der Waals surface area contributed by atoms with Gasteiger partial charge in [-0.1, -0.05) is 12.1 Å². The Morgan fingerprint density at radius 2 is 1.87 bits per heavy atom. The Morgan fingerprint density at radius 3 is 2.60 bits per heavy atom. The second-order valence-electron chi connectivity index (χ2n) is 7.67. The second-order valence-corrected chi connectivity index (χ2v) is 7.67. The third-order valence-corrected chi connectivity index (χ3v) is 5.10. The number of hydrogen-bond acceptors (Lipinski definition) is 5. The van der Waals surface area contributed by atoms with E-state index in [-0.39, 0.29) is 18.9 Å². The number of aryl methyl sites for hydroxylation is 2. The van der Waals surface area contributed by atoms with Crippen LogP contribution < -0.4 is 15.0 Å². The van der Waals surface area contributed by atoms with Crippen molar-refractivity contribution in [2.45, 2.75) is 39.5 Å². The van der Waals surface area contributed by atoms with Crippen LogP contribution in [0.5, 0.6) is 5.75 Å². The SMILES string of the molecule is Cc1cccc(OCCCC(=O)OCC(=O)Nc2ccc(N3CCCC3)cc2C)c1. The molecule has 6 heteroatoms. The predicted molar refractivity (Wildman–Crippen MR) is 118 cm³/mol. The fourth-order valence-corrected chi connectivity index (χ4v) is 3.48. The highest BCUT2D eigenvalue weighted by atomic mass is 16.5. The molecule has 1 aliphatic heterocycles. The fourth-order valence-electron chi connectivity index (χ4n) is 3.48. The Morgan fingerprint density at radius 1 is 1.07 bits per heavy atom. The zero-order chi connectivity index (χ0) is 21.3. The van der Waals surface area contributed by atoms with Gasteiger partial charge < -0.3 is 19.7 Å². The molecule has 0 bridgehead atoms. The van der Waals surface area contributed by atoms with E-state index >= 15 is 0 Å². The standard InChI is InChI=1S/C24H30N2O4/c1-18-7-5-8-21(15-18)29-14-6-9-24(28)30-17-23(27)25-22-11-10-20(16-19(22)2)26-12-3-4-13-26/h5,7-8,10-11,15-16H,3-4,6,9,12-14,17H2,1-2H3,(H,25,27). The molecule has 0 aromatic heterocycles. The summed E-state index contributed by atoms with van der Waals surface area (Å²) in [7, 11) is 0. The molecule has 0 unspecified atom stereocenters. The molecule has 0 spiro atoms. The molecule has 0 saturated carbocycles. The Bertz CT molecular complexity index is 875. The smallest absolute Gasteiger partial charge is 0.306 e. The van der Waals surface area contributed by atoms with Gasteiger partial charge in [-0.05, 0) is 74.6 Å². The molecule has 6 nitrogen and oxygen atoms in total. The van der Waals surface area contributed by atoms with Gasteiger partial charge in [-0.2, -0.15) is 0 Å². The molecule has 3 rings (SSSR count). The Kier molecular flexibility index (Phi) is 7.71. The van der Waals surface area contributed by atoms with Crippen LogP contribution in [-0.4, -0.2) is 38.2 Å². The van der Waals surface area contributed by atoms with Crippen molar-refractivity contribution < 1.29 is 19.1 Å². The lowest BCUT2D eigenvalue weighted by atomic mass is 10.1. The minimum atomic E-state index is -0.404. The summed E-state index contributed by atoms with van der Waals surface area (Å²) < 4.78 is 10.7. The van der Waals surface area contributed by atoms with E-state index in [1.54, 1.807) is 0 Å². The van der Waals surface area contributed by atoms with E-state index in [1.165, 1.54) is 18.5 Å². The number of carbonyl (C=O) groups excluding carboxylic acids is 2. The van der Waals surface area contributed by atoms with E-state index in [9.17, 15) is 9.59 Å². The van der Waals surface area contributed by atoms with Crippen molar-refractivity contribution in [3.8, 4) is 5.75 Å². The summed E-state index contributed by atoms with van der Waals surface area (Å²) in [6, 6.07) is 13.8. The molecule has 1 amide bonds. The van der Waals surface area contributed by atoms with Crippen molar-refractivity contribution in [3.05, 3.63) is 53.6 Å². The third kappa shape index (κ3) is 6.51. The van der Waals surface area contributed by atoms with Crippen LogP contribution in [0.15, 0.2) is 42.5 Å². The first-order valence-corrected chi connectivity index (χ1v) is 10.5. The van der Waals surface area contributed by atoms with E-state index in [4.69, 9.17) is 9.47 Å². The average Bonchev–Trinajstić information content (AvgIpc) is 3.26. The molecular formula is C24H30N2O4. The maximum Gasteiger partial charge on any atom is 0.306 e. The molecule has 1 aliphatic rings. The Balaban J connectivity index is 1.35. The highest BCUT2D eigenvalue weighted by Gasteiger charge is 2.14. The molecule has 1 N–H and O–H groups in total. The summed E-state index contributed by atoms with van der Waals surface area (Å²) in [5, 5.41) is 2.82. The Labute approximate surface area is 178 Å². The molecule has 30 heavy (non-hydrogen) atoms. The van der Waals surface area contributed by atoms with E-state index in [2.05, 4.69) is 16.3 Å². The van der Waals surface area contributed by atoms with Crippen molar-refractivity contribution in [1.29, 1.82) is 0 Å². The minimum absolute atomic E-state index is 0.211. The molecular weight excluding hydrogens is 380 g/mol. The monoisotopic (exact) mass is 410 g/mol. The van der Waals surface area contributed by atoms with Crippen LogP contribution >= 0.6 is 0 Å². The molecule has 1 fully saturated rings. The van der Waals surface area contributed by atoms with Gasteiger partial charge >= 0.3 is 5.97 Å². The molecule has 0 aliphatic carbocycles. The van der Waals surface area contributed by atoms with Gasteiger partial charge in [-0.15, -0.1) is 0 Å². The maximum absolute atomic E-state index is 12.1. The van der Waals surface area contributed by atoms with Crippen molar-refractivity contribution >= 4 is 23.3 Å². The first kappa shape index (κ1) is 21.7. The van der Waals surface area contributed by atoms with E-state index in [0.717, 1.165) is 35.7 Å². The number of nitrogens with zero attached hydrogens (tertiary/aromatic N) is 1. The largest absolute Gasteiger partial charge is 0.494 e. The summed E-state index contributed by atoms with van der Waals surface area (Å²) in [6.07, 6.45) is 3.19. The average molecular weight is 411 g/mol. The molecule has 0 atom stereocenters. The van der Waals surface area contributed by atoms with Gasteiger partial charge in [0.05, 0.1) is 6.61 Å². The number of amides is 1. The zero-order valence-electron chi connectivity index (χ0n) is 17.8. The first-order chi connectivity index (χ1) is 14.5. The maximum atomic E-state index is 12.1. The topological polar surface area (TPSA) is 67.9 Å². The number of hydrogen-bond donors (Lipinski definition) is 1. The summed E-state index contributed by atoms with van der Waals surface area (Å²) in [5.74, 6) is 0.0457. The minimum Gasteiger partial charge on any atom is -0.494 e. The molecule has 1 saturated heterocycles. The zero-order valence-corrected chi connectivity index (χ0v) is 17.8. The van der Waals surface area contributed by atoms with Gasteiger partial charge in [0, 0.05) is 30.9 Å². The van der Waals surface area contributed by atoms with Gasteiger partial charge in [0.1, 0.15) is 5.75 Å². The van der Waals surface area contributed by atoms with Crippen molar-refractivity contribution in [2.75, 3.05) is 36.5 Å². The lowest BCUT2D eigenvalue weighted by molar-refractivity contribution is -0.147. The van der Waals surface area contributed by atoms with Gasteiger partial charge in [0.15, 0.2) is 6.61 Å². The number of benzene rings is 2. The number of anilines is 2. The number of rotatable bonds is 9. The summed E-state index contributed by atoms with van der Waals surface area (Å²) in [5.41, 5.74) is 4.04. The highest BCUT2D eigenvalue weighted by Crippen LogP contribution is 2.25. The van der Waals surface area contributed by atoms with Crippen LogP contribution in [0.1, 0.15) is 36.8 Å². The lowest BCUT2D eigenvalue weighted by Gasteiger charge is -2.19. The van der Waals surface area contributed by atoms with Crippen LogP contribution in [0.3, 0.4) is 0 Å². The molecule has 2 aromatic rings. The van der Waals surface area contributed by atoms with Gasteiger partial charge in [0.25, 0.3) is 5.91 Å². The third-order valence-electron chi connectivity index (χ3n) is 5.10. The van der Waals surface area contributed by atoms with E-state index in [0.29, 0.717) is 13.0 Å². The first-order valence-electron chi connectivity index (χ1n) is 10.5. The van der Waals surface area contributed by atoms with Crippen LogP contribution in [0, 0.1) is 13.8 Å². The summed E-state index contributed by atoms with van der Waals surface area (Å²) in [4.78, 5) is 26.3.